The predicted molar refractivity (Wildman–Crippen MR) is 94.0 cm³/mol. The summed E-state index contributed by atoms with van der Waals surface area (Å²) in [6, 6.07) is 0. The third kappa shape index (κ3) is 7.90. The Labute approximate surface area is 145 Å². The molecule has 136 valence electrons. The highest BCUT2D eigenvalue weighted by molar-refractivity contribution is 5.68. The van der Waals surface area contributed by atoms with E-state index < -0.39 is 5.97 Å². The van der Waals surface area contributed by atoms with Crippen molar-refractivity contribution in [2.24, 2.45) is 5.92 Å². The number of allylic oxidation sites excluding steroid dienone is 2. The molecule has 1 rings (SSSR count). The number of hydrogen-bond acceptors (Lipinski definition) is 4. The van der Waals surface area contributed by atoms with Gasteiger partial charge >= 0.3 is 5.97 Å². The Hall–Kier alpha value is -1.43. The van der Waals surface area contributed by atoms with Crippen LogP contribution in [-0.2, 0) is 19.0 Å². The first-order valence-corrected chi connectivity index (χ1v) is 8.37. The molecule has 5 heteroatoms. The highest BCUT2D eigenvalue weighted by Crippen LogP contribution is 2.19. The number of carbonyl (C=O) groups is 1. The van der Waals surface area contributed by atoms with Crippen LogP contribution in [0.3, 0.4) is 0 Å². The van der Waals surface area contributed by atoms with Crippen molar-refractivity contribution in [3.63, 3.8) is 0 Å². The Morgan fingerprint density at radius 1 is 1.38 bits per heavy atom. The average Bonchev–Trinajstić information content (AvgIpc) is 2.52. The molecule has 24 heavy (non-hydrogen) atoms. The molecular weight excluding hydrogens is 308 g/mol. The Bertz CT molecular complexity index is 478. The highest BCUT2D eigenvalue weighted by Gasteiger charge is 2.26. The molecular formula is C19H30O5. The lowest BCUT2D eigenvalue weighted by Gasteiger charge is -2.28. The van der Waals surface area contributed by atoms with Crippen LogP contribution < -0.4 is 0 Å². The summed E-state index contributed by atoms with van der Waals surface area (Å²) in [5.41, 5.74) is 2.38. The normalized spacial score (nSPS) is 27.1. The van der Waals surface area contributed by atoms with E-state index in [0.29, 0.717) is 13.2 Å². The van der Waals surface area contributed by atoms with Gasteiger partial charge in [0.05, 0.1) is 19.3 Å². The molecule has 1 N–H and O–H groups in total. The lowest BCUT2D eigenvalue weighted by Crippen LogP contribution is -2.36. The largest absolute Gasteiger partial charge is 0.480 e. The van der Waals surface area contributed by atoms with Crippen LogP contribution in [0.5, 0.6) is 0 Å². The quantitative estimate of drug-likeness (QED) is 0.796. The second-order valence-electron chi connectivity index (χ2n) is 6.27. The molecule has 0 amide bonds. The number of carboxylic acids is 1. The summed E-state index contributed by atoms with van der Waals surface area (Å²) >= 11 is 0. The third-order valence-corrected chi connectivity index (χ3v) is 3.97. The van der Waals surface area contributed by atoms with Gasteiger partial charge in [-0.25, -0.2) is 4.79 Å². The van der Waals surface area contributed by atoms with Gasteiger partial charge in [-0.3, -0.25) is 0 Å². The van der Waals surface area contributed by atoms with Crippen LogP contribution in [0.15, 0.2) is 35.5 Å². The number of methoxy groups -OCH3 is 1. The van der Waals surface area contributed by atoms with Gasteiger partial charge in [0.2, 0.25) is 0 Å². The van der Waals surface area contributed by atoms with Crippen LogP contribution in [0.1, 0.15) is 33.6 Å². The minimum absolute atomic E-state index is 0.00256. The van der Waals surface area contributed by atoms with Gasteiger partial charge in [-0.1, -0.05) is 42.4 Å². The fraction of sp³-hybridized carbons (Fsp3) is 0.632. The number of rotatable bonds is 4. The maximum atomic E-state index is 10.9. The van der Waals surface area contributed by atoms with E-state index >= 15 is 0 Å². The second kappa shape index (κ2) is 11.2. The molecule has 3 atom stereocenters. The van der Waals surface area contributed by atoms with E-state index in [0.717, 1.165) is 18.4 Å². The van der Waals surface area contributed by atoms with Crippen LogP contribution in [0, 0.1) is 5.92 Å². The first kappa shape index (κ1) is 20.6. The fourth-order valence-electron chi connectivity index (χ4n) is 2.69. The molecule has 0 unspecified atom stereocenters. The maximum absolute atomic E-state index is 10.9. The zero-order chi connectivity index (χ0) is 17.9. The molecule has 1 aliphatic rings. The number of aliphatic carboxylic acids is 1. The van der Waals surface area contributed by atoms with Crippen LogP contribution >= 0.6 is 0 Å². The van der Waals surface area contributed by atoms with Crippen molar-refractivity contribution < 1.29 is 24.1 Å². The summed E-state index contributed by atoms with van der Waals surface area (Å²) in [5.74, 6) is -0.979. The molecule has 0 spiro atoms. The van der Waals surface area contributed by atoms with E-state index in [-0.39, 0.29) is 24.7 Å². The summed E-state index contributed by atoms with van der Waals surface area (Å²) < 4.78 is 16.8. The SMILES string of the molecule is CO[C@H]1C=CCCC(C)=CCOCC(C)=C[C@@H](C)[C@@H]1OCC(=O)O. The molecule has 0 saturated heterocycles. The van der Waals surface area contributed by atoms with Gasteiger partial charge in [-0.05, 0) is 26.7 Å². The summed E-state index contributed by atoms with van der Waals surface area (Å²) in [6.07, 6.45) is 9.42. The molecule has 5 nitrogen and oxygen atoms in total. The second-order valence-corrected chi connectivity index (χ2v) is 6.27. The zero-order valence-corrected chi connectivity index (χ0v) is 15.2. The lowest BCUT2D eigenvalue weighted by molar-refractivity contribution is -0.148. The summed E-state index contributed by atoms with van der Waals surface area (Å²) in [7, 11) is 1.62. The van der Waals surface area contributed by atoms with Crippen molar-refractivity contribution in [2.75, 3.05) is 26.9 Å². The molecule has 0 aromatic rings. The first-order chi connectivity index (χ1) is 11.4. The minimum Gasteiger partial charge on any atom is -0.480 e. The van der Waals surface area contributed by atoms with Crippen molar-refractivity contribution in [1.29, 1.82) is 0 Å². The van der Waals surface area contributed by atoms with Gasteiger partial charge < -0.3 is 19.3 Å². The van der Waals surface area contributed by atoms with E-state index in [2.05, 4.69) is 25.2 Å². The standard InChI is InChI=1S/C19H30O5/c1-14-7-5-6-8-17(22-4)19(24-13-18(20)21)16(3)11-15(2)12-23-10-9-14/h6,8-9,11,16-17,19H,5,7,10,12-13H2,1-4H3,(H,20,21)/t16-,17+,19+/m1/s1. The molecule has 0 aliphatic carbocycles. The molecule has 0 aromatic carbocycles. The van der Waals surface area contributed by atoms with Gasteiger partial charge in [0.15, 0.2) is 0 Å². The molecule has 0 saturated carbocycles. The zero-order valence-electron chi connectivity index (χ0n) is 15.2. The van der Waals surface area contributed by atoms with E-state index in [1.807, 2.05) is 19.9 Å². The monoisotopic (exact) mass is 338 g/mol. The molecule has 0 bridgehead atoms. The predicted octanol–water partition coefficient (Wildman–Crippen LogP) is 3.37. The molecule has 1 aliphatic heterocycles. The average molecular weight is 338 g/mol. The van der Waals surface area contributed by atoms with Crippen molar-refractivity contribution >= 4 is 5.97 Å². The summed E-state index contributed by atoms with van der Waals surface area (Å²) in [6.45, 7) is 6.92. The first-order valence-electron chi connectivity index (χ1n) is 8.37. The van der Waals surface area contributed by atoms with E-state index in [1.54, 1.807) is 7.11 Å². The van der Waals surface area contributed by atoms with Crippen molar-refractivity contribution in [3.05, 3.63) is 35.5 Å². The van der Waals surface area contributed by atoms with Gasteiger partial charge in [-0.15, -0.1) is 0 Å². The van der Waals surface area contributed by atoms with Crippen molar-refractivity contribution in [3.8, 4) is 0 Å². The topological polar surface area (TPSA) is 65.0 Å². The van der Waals surface area contributed by atoms with Crippen LogP contribution in [-0.4, -0.2) is 50.2 Å². The summed E-state index contributed by atoms with van der Waals surface area (Å²) in [5, 5.41) is 8.92. The number of carboxylic acid groups (broad SMARTS) is 1. The Morgan fingerprint density at radius 2 is 2.12 bits per heavy atom. The maximum Gasteiger partial charge on any atom is 0.329 e. The van der Waals surface area contributed by atoms with E-state index in [4.69, 9.17) is 19.3 Å². The fourth-order valence-corrected chi connectivity index (χ4v) is 2.69. The highest BCUT2D eigenvalue weighted by atomic mass is 16.5. The van der Waals surface area contributed by atoms with E-state index in [9.17, 15) is 4.79 Å². The Balaban J connectivity index is 2.98. The Kier molecular flexibility index (Phi) is 9.60. The van der Waals surface area contributed by atoms with Gasteiger partial charge in [0.25, 0.3) is 0 Å². The lowest BCUT2D eigenvalue weighted by atomic mass is 9.96. The van der Waals surface area contributed by atoms with Gasteiger partial charge in [0, 0.05) is 13.0 Å². The smallest absolute Gasteiger partial charge is 0.329 e. The molecule has 0 aromatic heterocycles. The summed E-state index contributed by atoms with van der Waals surface area (Å²) in [4.78, 5) is 10.9. The van der Waals surface area contributed by atoms with Crippen LogP contribution in [0.2, 0.25) is 0 Å². The Morgan fingerprint density at radius 3 is 2.79 bits per heavy atom. The van der Waals surface area contributed by atoms with E-state index in [1.165, 1.54) is 5.57 Å². The van der Waals surface area contributed by atoms with Crippen LogP contribution in [0.25, 0.3) is 0 Å². The molecule has 0 fully saturated rings. The minimum atomic E-state index is -0.981. The van der Waals surface area contributed by atoms with Crippen molar-refractivity contribution in [1.82, 2.24) is 0 Å². The third-order valence-electron chi connectivity index (χ3n) is 3.97. The molecule has 0 radical (unpaired) electrons. The van der Waals surface area contributed by atoms with Gasteiger partial charge in [0.1, 0.15) is 12.7 Å². The van der Waals surface area contributed by atoms with Crippen molar-refractivity contribution in [2.45, 2.75) is 45.8 Å². The number of hydrogen-bond donors (Lipinski definition) is 1. The van der Waals surface area contributed by atoms with Crippen LogP contribution in [0.4, 0.5) is 0 Å². The molecule has 1 heterocycles. The number of ether oxygens (including phenoxy) is 3. The van der Waals surface area contributed by atoms with Gasteiger partial charge in [-0.2, -0.15) is 0 Å².